The van der Waals surface area contributed by atoms with Crippen molar-refractivity contribution in [3.63, 3.8) is 0 Å². The maximum absolute atomic E-state index is 12.7. The van der Waals surface area contributed by atoms with Gasteiger partial charge in [-0.05, 0) is 31.1 Å². The number of benzene rings is 2. The predicted molar refractivity (Wildman–Crippen MR) is 88.6 cm³/mol. The minimum atomic E-state index is -0.931. The zero-order chi connectivity index (χ0) is 15.7. The van der Waals surface area contributed by atoms with Gasteiger partial charge in [0.15, 0.2) is 6.23 Å². The molecule has 0 spiro atoms. The van der Waals surface area contributed by atoms with E-state index in [1.165, 1.54) is 4.90 Å². The molecule has 3 nitrogen and oxygen atoms in total. The summed E-state index contributed by atoms with van der Waals surface area (Å²) in [4.78, 5) is 14.2. The molecule has 0 saturated carbocycles. The van der Waals surface area contributed by atoms with Gasteiger partial charge >= 0.3 is 0 Å². The summed E-state index contributed by atoms with van der Waals surface area (Å²) < 4.78 is 0. The maximum atomic E-state index is 12.7. The highest BCUT2D eigenvalue weighted by molar-refractivity contribution is 6.11. The topological polar surface area (TPSA) is 40.5 Å². The van der Waals surface area contributed by atoms with Gasteiger partial charge in [0.25, 0.3) is 5.91 Å². The van der Waals surface area contributed by atoms with E-state index < -0.39 is 6.23 Å². The van der Waals surface area contributed by atoms with Crippen molar-refractivity contribution < 1.29 is 9.90 Å². The molecule has 1 unspecified atom stereocenters. The van der Waals surface area contributed by atoms with E-state index in [-0.39, 0.29) is 5.91 Å². The summed E-state index contributed by atoms with van der Waals surface area (Å²) in [7, 11) is 0. The molecule has 0 bridgehead atoms. The fourth-order valence-corrected chi connectivity index (χ4v) is 3.04. The van der Waals surface area contributed by atoms with Crippen molar-refractivity contribution in [2.24, 2.45) is 0 Å². The van der Waals surface area contributed by atoms with Crippen LogP contribution in [0.25, 0.3) is 5.57 Å². The molecule has 112 valence electrons. The van der Waals surface area contributed by atoms with Crippen LogP contribution in [-0.2, 0) is 0 Å². The van der Waals surface area contributed by atoms with Gasteiger partial charge in [-0.15, -0.1) is 0 Å². The molecule has 0 fully saturated rings. The lowest BCUT2D eigenvalue weighted by Gasteiger charge is -2.24. The van der Waals surface area contributed by atoms with Crippen molar-refractivity contribution in [3.05, 3.63) is 71.3 Å². The van der Waals surface area contributed by atoms with Crippen molar-refractivity contribution in [2.75, 3.05) is 4.90 Å². The van der Waals surface area contributed by atoms with E-state index >= 15 is 0 Å². The number of anilines is 1. The van der Waals surface area contributed by atoms with Crippen molar-refractivity contribution in [1.82, 2.24) is 0 Å². The predicted octanol–water partition coefficient (Wildman–Crippen LogP) is 4.15. The number of allylic oxidation sites excluding steroid dienone is 2. The molecule has 1 aliphatic heterocycles. The van der Waals surface area contributed by atoms with E-state index in [0.29, 0.717) is 11.1 Å². The Morgan fingerprint density at radius 1 is 1.18 bits per heavy atom. The molecule has 1 N–H and O–H groups in total. The fourth-order valence-electron chi connectivity index (χ4n) is 3.04. The van der Waals surface area contributed by atoms with Gasteiger partial charge in [-0.25, -0.2) is 0 Å². The Labute approximate surface area is 130 Å². The van der Waals surface area contributed by atoms with Crippen LogP contribution in [0.3, 0.4) is 0 Å². The zero-order valence-corrected chi connectivity index (χ0v) is 12.8. The molecule has 3 rings (SSSR count). The molecule has 2 aromatic rings. The van der Waals surface area contributed by atoms with Crippen LogP contribution < -0.4 is 4.90 Å². The minimum absolute atomic E-state index is 0.151. The Bertz CT molecular complexity index is 749. The van der Waals surface area contributed by atoms with E-state index in [9.17, 15) is 9.90 Å². The van der Waals surface area contributed by atoms with Crippen LogP contribution in [0, 0.1) is 0 Å². The molecule has 1 amide bonds. The molecule has 2 aromatic carbocycles. The number of para-hydroxylation sites is 1. The highest BCUT2D eigenvalue weighted by Gasteiger charge is 2.37. The zero-order valence-electron chi connectivity index (χ0n) is 12.8. The molecule has 22 heavy (non-hydrogen) atoms. The summed E-state index contributed by atoms with van der Waals surface area (Å²) in [6.45, 7) is 4.08. The van der Waals surface area contributed by atoms with Crippen LogP contribution in [0.2, 0.25) is 0 Å². The lowest BCUT2D eigenvalue weighted by molar-refractivity contribution is 0.0935. The van der Waals surface area contributed by atoms with Crippen molar-refractivity contribution in [3.8, 4) is 0 Å². The number of fused-ring (bicyclic) bond motifs is 1. The summed E-state index contributed by atoms with van der Waals surface area (Å²) in [5.41, 5.74) is 4.15. The lowest BCUT2D eigenvalue weighted by Crippen LogP contribution is -2.28. The van der Waals surface area contributed by atoms with Crippen LogP contribution in [0.15, 0.2) is 54.6 Å². The van der Waals surface area contributed by atoms with Crippen LogP contribution in [-0.4, -0.2) is 11.0 Å². The Hall–Kier alpha value is -2.39. The highest BCUT2D eigenvalue weighted by Crippen LogP contribution is 2.39. The van der Waals surface area contributed by atoms with Gasteiger partial charge < -0.3 is 5.11 Å². The number of hydrogen-bond acceptors (Lipinski definition) is 2. The standard InChI is InChI=1S/C19H19NO2/c1-3-13(4-2)14-9-7-8-12-17(14)20-18(21)15-10-5-6-11-16(15)19(20)22/h3,5-12,18,21H,4H2,1-2H3/b13-3-. The summed E-state index contributed by atoms with van der Waals surface area (Å²) in [5.74, 6) is -0.151. The van der Waals surface area contributed by atoms with Gasteiger partial charge in [-0.3, -0.25) is 9.69 Å². The molecule has 1 heterocycles. The van der Waals surface area contributed by atoms with E-state index in [2.05, 4.69) is 13.0 Å². The molecule has 0 aliphatic carbocycles. The molecular weight excluding hydrogens is 274 g/mol. The maximum Gasteiger partial charge on any atom is 0.261 e. The molecule has 3 heteroatoms. The number of carbonyl (C=O) groups is 1. The number of hydrogen-bond donors (Lipinski definition) is 1. The number of aliphatic hydroxyl groups excluding tert-OH is 1. The number of carbonyl (C=O) groups excluding carboxylic acids is 1. The van der Waals surface area contributed by atoms with Crippen molar-refractivity contribution >= 4 is 17.2 Å². The Morgan fingerprint density at radius 2 is 1.86 bits per heavy atom. The Kier molecular flexibility index (Phi) is 3.82. The van der Waals surface area contributed by atoms with E-state index in [1.807, 2.05) is 43.3 Å². The van der Waals surface area contributed by atoms with Crippen molar-refractivity contribution in [2.45, 2.75) is 26.5 Å². The van der Waals surface area contributed by atoms with Crippen LogP contribution in [0.4, 0.5) is 5.69 Å². The quantitative estimate of drug-likeness (QED) is 0.923. The van der Waals surface area contributed by atoms with Gasteiger partial charge in [0.2, 0.25) is 0 Å². The summed E-state index contributed by atoms with van der Waals surface area (Å²) in [5, 5.41) is 10.6. The van der Waals surface area contributed by atoms with Crippen LogP contribution in [0.1, 0.15) is 48.0 Å². The first kappa shape index (κ1) is 14.5. The van der Waals surface area contributed by atoms with E-state index in [0.717, 1.165) is 23.2 Å². The Morgan fingerprint density at radius 3 is 2.55 bits per heavy atom. The van der Waals surface area contributed by atoms with Gasteiger partial charge in [0.05, 0.1) is 5.69 Å². The van der Waals surface area contributed by atoms with Gasteiger partial charge in [-0.2, -0.15) is 0 Å². The largest absolute Gasteiger partial charge is 0.369 e. The van der Waals surface area contributed by atoms with E-state index in [1.54, 1.807) is 12.1 Å². The molecular formula is C19H19NO2. The number of rotatable bonds is 3. The molecule has 1 aliphatic rings. The van der Waals surface area contributed by atoms with Crippen molar-refractivity contribution in [1.29, 1.82) is 0 Å². The molecule has 0 radical (unpaired) electrons. The number of amides is 1. The average Bonchev–Trinajstić information content (AvgIpc) is 2.81. The molecule has 0 aromatic heterocycles. The molecule has 0 saturated heterocycles. The normalized spacial score (nSPS) is 17.8. The van der Waals surface area contributed by atoms with Crippen LogP contribution >= 0.6 is 0 Å². The van der Waals surface area contributed by atoms with Gasteiger partial charge in [0, 0.05) is 16.7 Å². The third-order valence-corrected chi connectivity index (χ3v) is 4.17. The average molecular weight is 293 g/mol. The monoisotopic (exact) mass is 293 g/mol. The summed E-state index contributed by atoms with van der Waals surface area (Å²) in [6.07, 6.45) is 2.00. The Balaban J connectivity index is 2.13. The highest BCUT2D eigenvalue weighted by atomic mass is 16.3. The second-order valence-corrected chi connectivity index (χ2v) is 5.32. The summed E-state index contributed by atoms with van der Waals surface area (Å²) in [6, 6.07) is 15.0. The van der Waals surface area contributed by atoms with Crippen LogP contribution in [0.5, 0.6) is 0 Å². The second-order valence-electron chi connectivity index (χ2n) is 5.32. The summed E-state index contributed by atoms with van der Waals surface area (Å²) >= 11 is 0. The first-order valence-electron chi connectivity index (χ1n) is 7.54. The van der Waals surface area contributed by atoms with Gasteiger partial charge in [0.1, 0.15) is 0 Å². The van der Waals surface area contributed by atoms with Gasteiger partial charge in [-0.1, -0.05) is 49.4 Å². The minimum Gasteiger partial charge on any atom is -0.369 e. The third kappa shape index (κ3) is 2.14. The lowest BCUT2D eigenvalue weighted by atomic mass is 10.0. The number of aliphatic hydroxyl groups is 1. The fraction of sp³-hybridized carbons (Fsp3) is 0.211. The number of nitrogens with zero attached hydrogens (tertiary/aromatic N) is 1. The smallest absolute Gasteiger partial charge is 0.261 e. The molecule has 1 atom stereocenters. The van der Waals surface area contributed by atoms with E-state index in [4.69, 9.17) is 0 Å². The second kappa shape index (κ2) is 5.78. The third-order valence-electron chi connectivity index (χ3n) is 4.17. The SMILES string of the molecule is C/C=C(/CC)c1ccccc1N1C(=O)c2ccccc2C1O. The first-order chi connectivity index (χ1) is 10.7. The first-order valence-corrected chi connectivity index (χ1v) is 7.54.